The standard InChI is InChI=1S/C19H19N5O4S2/c1-10-13(18(27)28-3)17(30-14(10)15(20)26)21-12(25)9-29-19-23-22-16(24(19)2)11-7-5-4-6-8-11/h4-8H,9H2,1-3H3,(H2,20,26)(H,21,25). The first-order valence-electron chi connectivity index (χ1n) is 8.72. The summed E-state index contributed by atoms with van der Waals surface area (Å²) in [7, 11) is 3.04. The molecule has 0 atom stereocenters. The second-order valence-electron chi connectivity index (χ2n) is 6.18. The van der Waals surface area contributed by atoms with Gasteiger partial charge >= 0.3 is 5.97 Å². The number of esters is 1. The van der Waals surface area contributed by atoms with Gasteiger partial charge in [-0.15, -0.1) is 21.5 Å². The predicted molar refractivity (Wildman–Crippen MR) is 115 cm³/mol. The normalized spacial score (nSPS) is 10.6. The third kappa shape index (κ3) is 4.36. The lowest BCUT2D eigenvalue weighted by Crippen LogP contribution is -2.16. The smallest absolute Gasteiger partial charge is 0.341 e. The van der Waals surface area contributed by atoms with E-state index in [9.17, 15) is 14.4 Å². The van der Waals surface area contributed by atoms with Gasteiger partial charge < -0.3 is 20.4 Å². The number of aromatic nitrogens is 3. The van der Waals surface area contributed by atoms with Crippen molar-refractivity contribution < 1.29 is 19.1 Å². The van der Waals surface area contributed by atoms with E-state index in [0.29, 0.717) is 16.5 Å². The molecule has 0 aliphatic carbocycles. The van der Waals surface area contributed by atoms with E-state index in [2.05, 4.69) is 15.5 Å². The van der Waals surface area contributed by atoms with Gasteiger partial charge in [0.1, 0.15) is 5.00 Å². The minimum atomic E-state index is -0.676. The molecule has 30 heavy (non-hydrogen) atoms. The molecule has 0 saturated carbocycles. The van der Waals surface area contributed by atoms with Crippen molar-refractivity contribution in [1.82, 2.24) is 14.8 Å². The molecule has 2 amide bonds. The third-order valence-corrected chi connectivity index (χ3v) is 6.45. The summed E-state index contributed by atoms with van der Waals surface area (Å²) in [6, 6.07) is 9.58. The molecule has 0 spiro atoms. The molecule has 9 nitrogen and oxygen atoms in total. The number of benzene rings is 1. The zero-order valence-corrected chi connectivity index (χ0v) is 18.1. The van der Waals surface area contributed by atoms with Gasteiger partial charge in [0.05, 0.1) is 23.3 Å². The average molecular weight is 446 g/mol. The number of nitrogens with one attached hydrogen (secondary N) is 1. The Kier molecular flexibility index (Phi) is 6.53. The molecule has 3 N–H and O–H groups in total. The summed E-state index contributed by atoms with van der Waals surface area (Å²) in [5.74, 6) is -0.979. The molecule has 0 unspecified atom stereocenters. The molecular weight excluding hydrogens is 426 g/mol. The van der Waals surface area contributed by atoms with Gasteiger partial charge in [-0.1, -0.05) is 42.1 Å². The molecule has 0 saturated heterocycles. The molecule has 156 valence electrons. The average Bonchev–Trinajstić information content (AvgIpc) is 3.26. The van der Waals surface area contributed by atoms with E-state index >= 15 is 0 Å². The summed E-state index contributed by atoms with van der Waals surface area (Å²) in [6.45, 7) is 1.58. The monoisotopic (exact) mass is 445 g/mol. The lowest BCUT2D eigenvalue weighted by molar-refractivity contribution is -0.113. The van der Waals surface area contributed by atoms with Gasteiger partial charge in [-0.2, -0.15) is 0 Å². The molecule has 2 aromatic heterocycles. The van der Waals surface area contributed by atoms with E-state index in [1.165, 1.54) is 18.9 Å². The highest BCUT2D eigenvalue weighted by molar-refractivity contribution is 7.99. The SMILES string of the molecule is COC(=O)c1c(NC(=O)CSc2nnc(-c3ccccc3)n2C)sc(C(N)=O)c1C. The quantitative estimate of drug-likeness (QED) is 0.422. The first kappa shape index (κ1) is 21.5. The van der Waals surface area contributed by atoms with Crippen LogP contribution in [0.15, 0.2) is 35.5 Å². The van der Waals surface area contributed by atoms with Gasteiger partial charge in [0.25, 0.3) is 5.91 Å². The van der Waals surface area contributed by atoms with E-state index in [-0.39, 0.29) is 27.1 Å². The van der Waals surface area contributed by atoms with Crippen LogP contribution in [-0.2, 0) is 16.6 Å². The second-order valence-corrected chi connectivity index (χ2v) is 8.15. The molecule has 0 radical (unpaired) electrons. The Balaban J connectivity index is 1.73. The number of ether oxygens (including phenoxy) is 1. The first-order chi connectivity index (χ1) is 14.3. The number of thioether (sulfide) groups is 1. The fourth-order valence-electron chi connectivity index (χ4n) is 2.76. The molecular formula is C19H19N5O4S2. The van der Waals surface area contributed by atoms with Gasteiger partial charge in [0.2, 0.25) is 5.91 Å². The lowest BCUT2D eigenvalue weighted by atomic mass is 10.1. The van der Waals surface area contributed by atoms with Crippen molar-refractivity contribution in [3.63, 3.8) is 0 Å². The maximum absolute atomic E-state index is 12.5. The number of carbonyl (C=O) groups excluding carboxylic acids is 3. The van der Waals surface area contributed by atoms with E-state index in [1.54, 1.807) is 11.5 Å². The van der Waals surface area contributed by atoms with Crippen LogP contribution in [0.25, 0.3) is 11.4 Å². The topological polar surface area (TPSA) is 129 Å². The van der Waals surface area contributed by atoms with E-state index in [4.69, 9.17) is 10.5 Å². The molecule has 11 heteroatoms. The second kappa shape index (κ2) is 9.09. The summed E-state index contributed by atoms with van der Waals surface area (Å²) in [5, 5.41) is 11.8. The van der Waals surface area contributed by atoms with Gasteiger partial charge in [0, 0.05) is 12.6 Å². The van der Waals surface area contributed by atoms with Crippen LogP contribution in [0.4, 0.5) is 5.00 Å². The number of anilines is 1. The van der Waals surface area contributed by atoms with E-state index < -0.39 is 11.9 Å². The highest BCUT2D eigenvalue weighted by atomic mass is 32.2. The number of hydrogen-bond donors (Lipinski definition) is 2. The number of amides is 2. The highest BCUT2D eigenvalue weighted by Crippen LogP contribution is 2.33. The van der Waals surface area contributed by atoms with Crippen LogP contribution < -0.4 is 11.1 Å². The summed E-state index contributed by atoms with van der Waals surface area (Å²) >= 11 is 2.14. The van der Waals surface area contributed by atoms with Crippen LogP contribution in [0, 0.1) is 6.92 Å². The summed E-state index contributed by atoms with van der Waals surface area (Å²) in [5.41, 5.74) is 6.77. The summed E-state index contributed by atoms with van der Waals surface area (Å²) in [4.78, 5) is 36.4. The molecule has 0 fully saturated rings. The Labute approximate surface area is 180 Å². The molecule has 2 heterocycles. The van der Waals surface area contributed by atoms with Crippen LogP contribution in [0.3, 0.4) is 0 Å². The van der Waals surface area contributed by atoms with Gasteiger partial charge in [-0.25, -0.2) is 4.79 Å². The minimum Gasteiger partial charge on any atom is -0.465 e. The Hall–Kier alpha value is -3.18. The van der Waals surface area contributed by atoms with Crippen molar-refractivity contribution in [2.45, 2.75) is 12.1 Å². The van der Waals surface area contributed by atoms with Crippen LogP contribution in [0.1, 0.15) is 25.6 Å². The van der Waals surface area contributed by atoms with Gasteiger partial charge in [-0.3, -0.25) is 9.59 Å². The Morgan fingerprint density at radius 1 is 1.23 bits per heavy atom. The van der Waals surface area contributed by atoms with Crippen LogP contribution in [0.2, 0.25) is 0 Å². The molecule has 0 bridgehead atoms. The Bertz CT molecular complexity index is 1110. The Morgan fingerprint density at radius 2 is 1.93 bits per heavy atom. The largest absolute Gasteiger partial charge is 0.465 e. The number of primary amides is 1. The Morgan fingerprint density at radius 3 is 2.57 bits per heavy atom. The van der Waals surface area contributed by atoms with Crippen molar-refractivity contribution in [3.05, 3.63) is 46.3 Å². The summed E-state index contributed by atoms with van der Waals surface area (Å²) in [6.07, 6.45) is 0. The van der Waals surface area contributed by atoms with Crippen molar-refractivity contribution in [1.29, 1.82) is 0 Å². The number of hydrogen-bond acceptors (Lipinski definition) is 8. The lowest BCUT2D eigenvalue weighted by Gasteiger charge is -2.06. The van der Waals surface area contributed by atoms with Crippen LogP contribution in [-0.4, -0.2) is 45.4 Å². The van der Waals surface area contributed by atoms with Gasteiger partial charge in [-0.05, 0) is 12.5 Å². The fourth-order valence-corrected chi connectivity index (χ4v) is 4.53. The van der Waals surface area contributed by atoms with Gasteiger partial charge in [0.15, 0.2) is 11.0 Å². The zero-order chi connectivity index (χ0) is 21.8. The van der Waals surface area contributed by atoms with E-state index in [0.717, 1.165) is 16.9 Å². The van der Waals surface area contributed by atoms with Crippen molar-refractivity contribution >= 4 is 45.9 Å². The van der Waals surface area contributed by atoms with Crippen molar-refractivity contribution in [3.8, 4) is 11.4 Å². The molecule has 0 aliphatic heterocycles. The van der Waals surface area contributed by atoms with Crippen molar-refractivity contribution in [2.24, 2.45) is 12.8 Å². The minimum absolute atomic E-state index is 0.0320. The van der Waals surface area contributed by atoms with Crippen LogP contribution >= 0.6 is 23.1 Å². The number of nitrogens with two attached hydrogens (primary N) is 1. The predicted octanol–water partition coefficient (Wildman–Crippen LogP) is 2.47. The number of carbonyl (C=O) groups is 3. The molecule has 1 aromatic carbocycles. The van der Waals surface area contributed by atoms with Crippen LogP contribution in [0.5, 0.6) is 0 Å². The number of methoxy groups -OCH3 is 1. The molecule has 3 rings (SSSR count). The third-order valence-electron chi connectivity index (χ3n) is 4.21. The first-order valence-corrected chi connectivity index (χ1v) is 10.5. The number of thiophene rings is 1. The molecule has 3 aromatic rings. The number of nitrogens with zero attached hydrogens (tertiary/aromatic N) is 3. The van der Waals surface area contributed by atoms with E-state index in [1.807, 2.05) is 37.4 Å². The maximum atomic E-state index is 12.5. The number of rotatable bonds is 7. The molecule has 0 aliphatic rings. The van der Waals surface area contributed by atoms with Crippen molar-refractivity contribution in [2.75, 3.05) is 18.2 Å². The maximum Gasteiger partial charge on any atom is 0.341 e. The summed E-state index contributed by atoms with van der Waals surface area (Å²) < 4.78 is 6.56. The fraction of sp³-hybridized carbons (Fsp3) is 0.211. The highest BCUT2D eigenvalue weighted by Gasteiger charge is 2.25. The zero-order valence-electron chi connectivity index (χ0n) is 16.5.